The first-order valence-corrected chi connectivity index (χ1v) is 7.07. The Kier molecular flexibility index (Phi) is 4.18. The zero-order chi connectivity index (χ0) is 14.1. The van der Waals surface area contributed by atoms with E-state index >= 15 is 0 Å². The van der Waals surface area contributed by atoms with E-state index in [-0.39, 0.29) is 16.6 Å². The molecule has 0 fully saturated rings. The second-order valence-corrected chi connectivity index (χ2v) is 6.26. The maximum absolute atomic E-state index is 12.2. The molecule has 102 valence electrons. The van der Waals surface area contributed by atoms with Crippen LogP contribution in [0, 0.1) is 0 Å². The van der Waals surface area contributed by atoms with Gasteiger partial charge in [-0.25, -0.2) is 13.2 Å². The molecule has 0 unspecified atom stereocenters. The summed E-state index contributed by atoms with van der Waals surface area (Å²) in [5.74, 6) is -1.13. The number of hydrogen-bond donors (Lipinski definition) is 1. The minimum atomic E-state index is -3.63. The smallest absolute Gasteiger partial charge is 0.352 e. The molecule has 1 N–H and O–H groups in total. The van der Waals surface area contributed by atoms with Crippen LogP contribution in [0.25, 0.3) is 0 Å². The summed E-state index contributed by atoms with van der Waals surface area (Å²) >= 11 is 0. The molecule has 0 saturated heterocycles. The summed E-state index contributed by atoms with van der Waals surface area (Å²) in [4.78, 5) is 11.0. The summed E-state index contributed by atoms with van der Waals surface area (Å²) < 4.78 is 27.0. The van der Waals surface area contributed by atoms with Crippen LogP contribution < -0.4 is 0 Å². The average Bonchev–Trinajstić information content (AvgIpc) is 2.72. The van der Waals surface area contributed by atoms with Gasteiger partial charge < -0.3 is 9.67 Å². The molecule has 0 atom stereocenters. The molecule has 0 saturated carbocycles. The lowest BCUT2D eigenvalue weighted by Gasteiger charge is -2.19. The first-order valence-electron chi connectivity index (χ1n) is 5.63. The monoisotopic (exact) mass is 274 g/mol. The molecule has 1 rings (SSSR count). The Morgan fingerprint density at radius 2 is 2.06 bits per heavy atom. The number of aromatic carboxylic acids is 1. The minimum absolute atomic E-state index is 0.0120. The molecule has 0 aliphatic rings. The molecule has 0 bridgehead atoms. The lowest BCUT2D eigenvalue weighted by Crippen LogP contribution is -2.32. The Balaban J connectivity index is 3.31. The minimum Gasteiger partial charge on any atom is -0.477 e. The van der Waals surface area contributed by atoms with Gasteiger partial charge in [0.25, 0.3) is 0 Å². The molecule has 1 aromatic rings. The van der Waals surface area contributed by atoms with Gasteiger partial charge in [0, 0.05) is 25.8 Å². The van der Waals surface area contributed by atoms with Crippen LogP contribution in [0.15, 0.2) is 17.2 Å². The van der Waals surface area contributed by atoms with E-state index in [1.807, 2.05) is 0 Å². The van der Waals surface area contributed by atoms with Crippen LogP contribution in [-0.4, -0.2) is 41.5 Å². The summed E-state index contributed by atoms with van der Waals surface area (Å²) in [6, 6.07) is 1.01. The number of carbonyl (C=O) groups is 1. The molecule has 6 nitrogen and oxygen atoms in total. The van der Waals surface area contributed by atoms with Crippen molar-refractivity contribution >= 4 is 16.0 Å². The highest BCUT2D eigenvalue weighted by molar-refractivity contribution is 7.89. The fourth-order valence-electron chi connectivity index (χ4n) is 1.51. The number of carboxylic acid groups (broad SMARTS) is 1. The zero-order valence-corrected chi connectivity index (χ0v) is 11.7. The summed E-state index contributed by atoms with van der Waals surface area (Å²) in [7, 11) is -2.16. The van der Waals surface area contributed by atoms with Crippen LogP contribution in [0.3, 0.4) is 0 Å². The number of nitrogens with zero attached hydrogens (tertiary/aromatic N) is 2. The van der Waals surface area contributed by atoms with Gasteiger partial charge in [-0.2, -0.15) is 4.31 Å². The number of hydrogen-bond acceptors (Lipinski definition) is 3. The topological polar surface area (TPSA) is 79.6 Å². The largest absolute Gasteiger partial charge is 0.477 e. The van der Waals surface area contributed by atoms with Crippen molar-refractivity contribution < 1.29 is 18.3 Å². The van der Waals surface area contributed by atoms with Gasteiger partial charge in [-0.3, -0.25) is 0 Å². The predicted octanol–water partition coefficient (Wildman–Crippen LogP) is 1.24. The SMILES string of the molecule is CCn1cc(S(=O)(=O)N(C)C(C)C)cc1C(=O)O. The van der Waals surface area contributed by atoms with E-state index in [0.717, 1.165) is 0 Å². The Morgan fingerprint density at radius 3 is 2.39 bits per heavy atom. The number of sulfonamides is 1. The Hall–Kier alpha value is -1.34. The maximum Gasteiger partial charge on any atom is 0.352 e. The molecule has 1 aromatic heterocycles. The van der Waals surface area contributed by atoms with Crippen LogP contribution in [0.1, 0.15) is 31.3 Å². The van der Waals surface area contributed by atoms with Crippen molar-refractivity contribution in [1.82, 2.24) is 8.87 Å². The van der Waals surface area contributed by atoms with E-state index in [9.17, 15) is 13.2 Å². The van der Waals surface area contributed by atoms with Crippen molar-refractivity contribution in [2.45, 2.75) is 38.3 Å². The van der Waals surface area contributed by atoms with Gasteiger partial charge in [-0.15, -0.1) is 0 Å². The van der Waals surface area contributed by atoms with E-state index in [0.29, 0.717) is 6.54 Å². The van der Waals surface area contributed by atoms with Crippen molar-refractivity contribution in [2.75, 3.05) is 7.05 Å². The molecule has 7 heteroatoms. The third kappa shape index (κ3) is 2.56. The van der Waals surface area contributed by atoms with Crippen molar-refractivity contribution in [3.05, 3.63) is 18.0 Å². The zero-order valence-electron chi connectivity index (χ0n) is 10.9. The summed E-state index contributed by atoms with van der Waals surface area (Å²) in [5, 5.41) is 8.99. The molecule has 0 aromatic carbocycles. The molecule has 18 heavy (non-hydrogen) atoms. The van der Waals surface area contributed by atoms with Crippen molar-refractivity contribution in [3.63, 3.8) is 0 Å². The highest BCUT2D eigenvalue weighted by Crippen LogP contribution is 2.19. The van der Waals surface area contributed by atoms with Crippen molar-refractivity contribution in [2.24, 2.45) is 0 Å². The van der Waals surface area contributed by atoms with Crippen LogP contribution in [0.4, 0.5) is 0 Å². The average molecular weight is 274 g/mol. The van der Waals surface area contributed by atoms with Gasteiger partial charge in [0.15, 0.2) is 0 Å². The van der Waals surface area contributed by atoms with Crippen LogP contribution >= 0.6 is 0 Å². The molecule has 1 heterocycles. The standard InChI is InChI=1S/C11H18N2O4S/c1-5-13-7-9(6-10(13)11(14)15)18(16,17)12(4)8(2)3/h6-8H,5H2,1-4H3,(H,14,15). The maximum atomic E-state index is 12.2. The van der Waals surface area contributed by atoms with Crippen molar-refractivity contribution in [1.29, 1.82) is 0 Å². The molecule has 0 aliphatic carbocycles. The summed E-state index contributed by atoms with van der Waals surface area (Å²) in [5.41, 5.74) is -0.0202. The lowest BCUT2D eigenvalue weighted by atomic mass is 10.4. The third-order valence-electron chi connectivity index (χ3n) is 2.84. The van der Waals surface area contributed by atoms with Gasteiger partial charge in [0.1, 0.15) is 10.6 Å². The third-order valence-corrected chi connectivity index (χ3v) is 4.83. The fraction of sp³-hybridized carbons (Fsp3) is 0.545. The molecule has 0 spiro atoms. The van der Waals surface area contributed by atoms with Gasteiger partial charge in [0.2, 0.25) is 10.0 Å². The van der Waals surface area contributed by atoms with E-state index in [4.69, 9.17) is 5.11 Å². The predicted molar refractivity (Wildman–Crippen MR) is 67.2 cm³/mol. The fourth-order valence-corrected chi connectivity index (χ4v) is 2.92. The number of carboxylic acids is 1. The van der Waals surface area contributed by atoms with E-state index in [1.165, 1.54) is 28.2 Å². The Bertz CT molecular complexity index is 545. The summed E-state index contributed by atoms with van der Waals surface area (Å²) in [6.45, 7) is 5.68. The summed E-state index contributed by atoms with van der Waals surface area (Å²) in [6.07, 6.45) is 1.36. The van der Waals surface area contributed by atoms with Crippen LogP contribution in [-0.2, 0) is 16.6 Å². The number of aromatic nitrogens is 1. The van der Waals surface area contributed by atoms with Crippen molar-refractivity contribution in [3.8, 4) is 0 Å². The van der Waals surface area contributed by atoms with Gasteiger partial charge >= 0.3 is 5.97 Å². The number of rotatable bonds is 5. The van der Waals surface area contributed by atoms with Gasteiger partial charge in [0.05, 0.1) is 0 Å². The first-order chi connectivity index (χ1) is 8.21. The lowest BCUT2D eigenvalue weighted by molar-refractivity contribution is 0.0685. The van der Waals surface area contributed by atoms with E-state index in [2.05, 4.69) is 0 Å². The Labute approximate surface area is 107 Å². The van der Waals surface area contributed by atoms with Gasteiger partial charge in [-0.1, -0.05) is 0 Å². The highest BCUT2D eigenvalue weighted by Gasteiger charge is 2.26. The molecule has 0 amide bonds. The van der Waals surface area contributed by atoms with Crippen LogP contribution in [0.2, 0.25) is 0 Å². The molecule has 0 aliphatic heterocycles. The van der Waals surface area contributed by atoms with E-state index < -0.39 is 16.0 Å². The molecular formula is C11H18N2O4S. The molecule has 0 radical (unpaired) electrons. The molecular weight excluding hydrogens is 256 g/mol. The second kappa shape index (κ2) is 5.11. The normalized spacial score (nSPS) is 12.3. The first kappa shape index (κ1) is 14.7. The van der Waals surface area contributed by atoms with Gasteiger partial charge in [-0.05, 0) is 26.8 Å². The van der Waals surface area contributed by atoms with E-state index in [1.54, 1.807) is 20.8 Å². The highest BCUT2D eigenvalue weighted by atomic mass is 32.2. The second-order valence-electron chi connectivity index (χ2n) is 4.27. The van der Waals surface area contributed by atoms with Crippen LogP contribution in [0.5, 0.6) is 0 Å². The Morgan fingerprint density at radius 1 is 1.50 bits per heavy atom. The quantitative estimate of drug-likeness (QED) is 0.876. The number of aryl methyl sites for hydroxylation is 1.